The van der Waals surface area contributed by atoms with Crippen molar-refractivity contribution in [3.8, 4) is 0 Å². The van der Waals surface area contributed by atoms with Crippen LogP contribution in [-0.2, 0) is 0 Å². The molecule has 0 amide bonds. The molecule has 2 aliphatic heterocycles. The van der Waals surface area contributed by atoms with Gasteiger partial charge in [-0.2, -0.15) is 0 Å². The molecule has 1 aromatic rings. The Labute approximate surface area is 128 Å². The molecule has 0 bridgehead atoms. The Hall–Kier alpha value is -1.30. The van der Waals surface area contributed by atoms with Gasteiger partial charge in [-0.15, -0.1) is 0 Å². The van der Waals surface area contributed by atoms with E-state index in [1.165, 1.54) is 5.69 Å². The topological polar surface area (TPSA) is 66.5 Å². The number of nitrogens with zero attached hydrogens (tertiary/aromatic N) is 2. The van der Waals surface area contributed by atoms with Crippen molar-refractivity contribution in [1.29, 1.82) is 0 Å². The number of aliphatic hydroxyl groups excluding tert-OH is 1. The molecule has 0 aromatic carbocycles. The molecule has 21 heavy (non-hydrogen) atoms. The van der Waals surface area contributed by atoms with Crippen LogP contribution in [0.15, 0.2) is 24.5 Å². The Kier molecular flexibility index (Phi) is 6.95. The second-order valence-corrected chi connectivity index (χ2v) is 4.97. The largest absolute Gasteiger partial charge is 0.394 e. The van der Waals surface area contributed by atoms with E-state index in [1.54, 1.807) is 0 Å². The first-order chi connectivity index (χ1) is 10.2. The van der Waals surface area contributed by atoms with Gasteiger partial charge in [-0.1, -0.05) is 27.7 Å². The first-order valence-electron chi connectivity index (χ1n) is 7.95. The van der Waals surface area contributed by atoms with E-state index in [0.29, 0.717) is 0 Å². The van der Waals surface area contributed by atoms with Crippen molar-refractivity contribution in [2.24, 2.45) is 5.73 Å². The number of nitrogens with one attached hydrogen (secondary N) is 1. The lowest BCUT2D eigenvalue weighted by Crippen LogP contribution is -2.48. The summed E-state index contributed by atoms with van der Waals surface area (Å²) in [6.07, 6.45) is 6.99. The van der Waals surface area contributed by atoms with E-state index in [-0.39, 0.29) is 12.8 Å². The highest BCUT2D eigenvalue weighted by Crippen LogP contribution is 2.28. The van der Waals surface area contributed by atoms with Crippen LogP contribution < -0.4 is 11.1 Å². The molecule has 0 spiro atoms. The predicted molar refractivity (Wildman–Crippen MR) is 88.5 cm³/mol. The second-order valence-electron chi connectivity index (χ2n) is 4.97. The van der Waals surface area contributed by atoms with Crippen LogP contribution in [0.2, 0.25) is 0 Å². The molecule has 4 N–H and O–H groups in total. The molecule has 3 heterocycles. The monoisotopic (exact) mass is 294 g/mol. The summed E-state index contributed by atoms with van der Waals surface area (Å²) < 4.78 is 2.11. The van der Waals surface area contributed by atoms with Crippen molar-refractivity contribution in [1.82, 2.24) is 14.8 Å². The molecule has 0 aliphatic carbocycles. The summed E-state index contributed by atoms with van der Waals surface area (Å²) in [4.78, 5) is 2.28. The number of nitrogens with two attached hydrogens (primary N) is 1. The van der Waals surface area contributed by atoms with Crippen LogP contribution in [0.25, 0.3) is 6.20 Å². The first-order valence-corrected chi connectivity index (χ1v) is 7.95. The summed E-state index contributed by atoms with van der Waals surface area (Å²) in [6, 6.07) is 4.15. The highest BCUT2D eigenvalue weighted by atomic mass is 16.3. The number of hydrogen-bond acceptors (Lipinski definition) is 4. The fourth-order valence-electron chi connectivity index (χ4n) is 2.65. The minimum absolute atomic E-state index is 0.0487. The molecule has 5 heteroatoms. The molecule has 1 fully saturated rings. The van der Waals surface area contributed by atoms with Gasteiger partial charge in [-0.3, -0.25) is 4.90 Å². The van der Waals surface area contributed by atoms with Gasteiger partial charge >= 0.3 is 0 Å². The lowest BCUT2D eigenvalue weighted by molar-refractivity contribution is 0.165. The fourth-order valence-corrected chi connectivity index (χ4v) is 2.65. The maximum atomic E-state index is 9.31. The van der Waals surface area contributed by atoms with Gasteiger partial charge in [0.15, 0.2) is 0 Å². The molecule has 1 saturated heterocycles. The molecule has 3 rings (SSSR count). The molecule has 0 saturated carbocycles. The minimum Gasteiger partial charge on any atom is -0.394 e. The van der Waals surface area contributed by atoms with Crippen molar-refractivity contribution >= 4 is 6.20 Å². The quantitative estimate of drug-likeness (QED) is 0.780. The van der Waals surface area contributed by atoms with Gasteiger partial charge in [-0.25, -0.2) is 0 Å². The molecule has 5 nitrogen and oxygen atoms in total. The average molecular weight is 294 g/mol. The lowest BCUT2D eigenvalue weighted by Gasteiger charge is -2.32. The van der Waals surface area contributed by atoms with Crippen LogP contribution in [0.1, 0.15) is 46.0 Å². The van der Waals surface area contributed by atoms with Gasteiger partial charge < -0.3 is 20.7 Å². The third-order valence-corrected chi connectivity index (χ3v) is 3.68. The third kappa shape index (κ3) is 3.87. The Bertz CT molecular complexity index is 443. The van der Waals surface area contributed by atoms with E-state index >= 15 is 0 Å². The van der Waals surface area contributed by atoms with Crippen LogP contribution in [0.3, 0.4) is 0 Å². The Morgan fingerprint density at radius 2 is 2.10 bits per heavy atom. The molecule has 2 aliphatic rings. The van der Waals surface area contributed by atoms with Crippen LogP contribution in [-0.4, -0.2) is 39.8 Å². The Morgan fingerprint density at radius 3 is 2.71 bits per heavy atom. The number of aliphatic hydroxyl groups is 1. The van der Waals surface area contributed by atoms with E-state index in [0.717, 1.165) is 19.5 Å². The van der Waals surface area contributed by atoms with Crippen molar-refractivity contribution < 1.29 is 5.11 Å². The summed E-state index contributed by atoms with van der Waals surface area (Å²) in [5.74, 6) is 0. The Balaban J connectivity index is 0.000000510. The van der Waals surface area contributed by atoms with E-state index < -0.39 is 5.54 Å². The van der Waals surface area contributed by atoms with E-state index in [4.69, 9.17) is 5.73 Å². The molecule has 120 valence electrons. The number of likely N-dealkylation sites (tertiary alicyclic amines) is 1. The fraction of sp³-hybridized carbons (Fsp3) is 0.625. The zero-order valence-electron chi connectivity index (χ0n) is 13.7. The normalized spacial score (nSPS) is 26.9. The second kappa shape index (κ2) is 8.22. The van der Waals surface area contributed by atoms with Crippen LogP contribution in [0.5, 0.6) is 0 Å². The highest BCUT2D eigenvalue weighted by Gasteiger charge is 2.38. The van der Waals surface area contributed by atoms with E-state index in [2.05, 4.69) is 20.9 Å². The number of rotatable bonds is 2. The summed E-state index contributed by atoms with van der Waals surface area (Å²) >= 11 is 0. The van der Waals surface area contributed by atoms with Crippen LogP contribution >= 0.6 is 0 Å². The standard InChI is InChI=1S/C12H18N4O.2C2H6/c13-12(9-17)3-6-16(8-12)11-10-2-1-5-15(10)7-4-14-11;2*1-2/h1-2,4-5,7,11,14,17H,3,6,8-9,13H2;2*1-2H3. The lowest BCUT2D eigenvalue weighted by atomic mass is 10.0. The SMILES string of the molecule is CC.CC.NC1(CO)CCN(C2NC=Cn3cccc32)C1. The number of fused-ring (bicyclic) bond motifs is 1. The maximum Gasteiger partial charge on any atom is 0.121 e. The predicted octanol–water partition coefficient (Wildman–Crippen LogP) is 1.97. The third-order valence-electron chi connectivity index (χ3n) is 3.68. The van der Waals surface area contributed by atoms with Gasteiger partial charge in [0.1, 0.15) is 6.17 Å². The number of aromatic nitrogens is 1. The van der Waals surface area contributed by atoms with Gasteiger partial charge in [0.2, 0.25) is 0 Å². The summed E-state index contributed by atoms with van der Waals surface area (Å²) in [5.41, 5.74) is 6.88. The average Bonchev–Trinajstić information content (AvgIpc) is 3.18. The molecule has 1 aromatic heterocycles. The molecular formula is C16H30N4O. The van der Waals surface area contributed by atoms with Crippen molar-refractivity contribution in [3.63, 3.8) is 0 Å². The molecule has 2 unspecified atom stereocenters. The zero-order valence-corrected chi connectivity index (χ0v) is 13.7. The van der Waals surface area contributed by atoms with Crippen molar-refractivity contribution in [3.05, 3.63) is 30.2 Å². The van der Waals surface area contributed by atoms with Crippen molar-refractivity contribution in [2.45, 2.75) is 45.8 Å². The number of hydrogen-bond donors (Lipinski definition) is 3. The van der Waals surface area contributed by atoms with Gasteiger partial charge in [-0.05, 0) is 18.6 Å². The highest BCUT2D eigenvalue weighted by molar-refractivity contribution is 5.33. The first kappa shape index (κ1) is 17.8. The Morgan fingerprint density at radius 1 is 1.38 bits per heavy atom. The molecule has 0 radical (unpaired) electrons. The van der Waals surface area contributed by atoms with Gasteiger partial charge in [0.05, 0.1) is 17.8 Å². The zero-order chi connectivity index (χ0) is 15.9. The van der Waals surface area contributed by atoms with E-state index in [9.17, 15) is 5.11 Å². The van der Waals surface area contributed by atoms with Crippen LogP contribution in [0.4, 0.5) is 0 Å². The van der Waals surface area contributed by atoms with Crippen LogP contribution in [0, 0.1) is 0 Å². The molecule has 2 atom stereocenters. The smallest absolute Gasteiger partial charge is 0.121 e. The molecular weight excluding hydrogens is 264 g/mol. The summed E-state index contributed by atoms with van der Waals surface area (Å²) in [7, 11) is 0. The van der Waals surface area contributed by atoms with Gasteiger partial charge in [0.25, 0.3) is 0 Å². The summed E-state index contributed by atoms with van der Waals surface area (Å²) in [5, 5.41) is 12.7. The van der Waals surface area contributed by atoms with Crippen molar-refractivity contribution in [2.75, 3.05) is 19.7 Å². The van der Waals surface area contributed by atoms with E-state index in [1.807, 2.05) is 52.4 Å². The van der Waals surface area contributed by atoms with Gasteiger partial charge in [0, 0.05) is 31.7 Å². The minimum atomic E-state index is -0.444. The summed E-state index contributed by atoms with van der Waals surface area (Å²) in [6.45, 7) is 9.68. The maximum absolute atomic E-state index is 9.31.